The van der Waals surface area contributed by atoms with E-state index in [1.54, 1.807) is 0 Å². The van der Waals surface area contributed by atoms with Crippen LogP contribution in [0.5, 0.6) is 0 Å². The highest BCUT2D eigenvalue weighted by Gasteiger charge is 2.14. The fraction of sp³-hybridized carbons (Fsp3) is 0.222. The van der Waals surface area contributed by atoms with Crippen molar-refractivity contribution in [2.45, 2.75) is 20.0 Å². The van der Waals surface area contributed by atoms with Crippen molar-refractivity contribution in [2.24, 2.45) is 5.92 Å². The third-order valence-corrected chi connectivity index (χ3v) is 3.58. The molecular weight excluding hydrogens is 276 g/mol. The van der Waals surface area contributed by atoms with Gasteiger partial charge in [-0.25, -0.2) is 0 Å². The molecule has 0 saturated carbocycles. The van der Waals surface area contributed by atoms with E-state index in [4.69, 9.17) is 4.42 Å². The van der Waals surface area contributed by atoms with Crippen LogP contribution in [0, 0.1) is 5.92 Å². The van der Waals surface area contributed by atoms with E-state index in [2.05, 4.69) is 10.2 Å². The monoisotopic (exact) mass is 294 g/mol. The average Bonchev–Trinajstić information content (AvgIpc) is 3.05. The molecule has 1 aromatic heterocycles. The molecule has 4 heteroatoms. The summed E-state index contributed by atoms with van der Waals surface area (Å²) in [4.78, 5) is 0. The molecule has 0 aliphatic carbocycles. The van der Waals surface area contributed by atoms with Crippen molar-refractivity contribution >= 4 is 0 Å². The third-order valence-electron chi connectivity index (χ3n) is 3.58. The van der Waals surface area contributed by atoms with E-state index in [0.717, 1.165) is 16.7 Å². The molecule has 1 heterocycles. The Balaban J connectivity index is 1.85. The van der Waals surface area contributed by atoms with Crippen LogP contribution >= 0.6 is 0 Å². The minimum Gasteiger partial charge on any atom is -0.416 e. The van der Waals surface area contributed by atoms with E-state index in [0.29, 0.717) is 11.8 Å². The lowest BCUT2D eigenvalue weighted by Crippen LogP contribution is -2.04. The molecule has 22 heavy (non-hydrogen) atoms. The highest BCUT2D eigenvalue weighted by atomic mass is 16.4. The highest BCUT2D eigenvalue weighted by Crippen LogP contribution is 2.26. The fourth-order valence-electron chi connectivity index (χ4n) is 2.25. The molecule has 0 aliphatic rings. The molecule has 1 unspecified atom stereocenters. The second kappa shape index (κ2) is 6.12. The molecule has 1 atom stereocenters. The van der Waals surface area contributed by atoms with Gasteiger partial charge in [0.15, 0.2) is 0 Å². The van der Waals surface area contributed by atoms with Crippen LogP contribution in [-0.4, -0.2) is 15.3 Å². The predicted molar refractivity (Wildman–Crippen MR) is 85.0 cm³/mol. The first-order valence-electron chi connectivity index (χ1n) is 7.32. The van der Waals surface area contributed by atoms with Crippen LogP contribution in [0.2, 0.25) is 0 Å². The lowest BCUT2D eigenvalue weighted by molar-refractivity contribution is 0.127. The Bertz CT molecular complexity index is 733. The van der Waals surface area contributed by atoms with Crippen molar-refractivity contribution in [3.63, 3.8) is 0 Å². The maximum atomic E-state index is 10.1. The molecule has 0 radical (unpaired) electrons. The molecule has 3 aromatic rings. The van der Waals surface area contributed by atoms with Gasteiger partial charge in [-0.1, -0.05) is 44.2 Å². The molecule has 0 spiro atoms. The lowest BCUT2D eigenvalue weighted by atomic mass is 9.98. The second-order valence-corrected chi connectivity index (χ2v) is 5.59. The van der Waals surface area contributed by atoms with E-state index in [1.807, 2.05) is 68.4 Å². The van der Waals surface area contributed by atoms with Gasteiger partial charge in [0.05, 0.1) is 6.10 Å². The number of nitrogens with zero attached hydrogens (tertiary/aromatic N) is 2. The van der Waals surface area contributed by atoms with Crippen LogP contribution in [-0.2, 0) is 0 Å². The van der Waals surface area contributed by atoms with Crippen LogP contribution < -0.4 is 0 Å². The van der Waals surface area contributed by atoms with Gasteiger partial charge in [0.25, 0.3) is 0 Å². The molecule has 0 saturated heterocycles. The molecule has 4 nitrogen and oxygen atoms in total. The maximum absolute atomic E-state index is 10.1. The smallest absolute Gasteiger partial charge is 0.248 e. The molecule has 3 rings (SSSR count). The van der Waals surface area contributed by atoms with Crippen molar-refractivity contribution in [3.05, 3.63) is 60.2 Å². The Kier molecular flexibility index (Phi) is 4.02. The standard InChI is InChI=1S/C18H18N2O2/c1-12(2)16(21)13-8-10-15(11-9-13)18-20-19-17(22-18)14-6-4-3-5-7-14/h3-12,16,21H,1-2H3. The van der Waals surface area contributed by atoms with Gasteiger partial charge in [-0.05, 0) is 35.7 Å². The van der Waals surface area contributed by atoms with Gasteiger partial charge < -0.3 is 9.52 Å². The Labute approximate surface area is 129 Å². The first kappa shape index (κ1) is 14.5. The number of hydrogen-bond acceptors (Lipinski definition) is 4. The van der Waals surface area contributed by atoms with Crippen LogP contribution in [0.4, 0.5) is 0 Å². The lowest BCUT2D eigenvalue weighted by Gasteiger charge is -2.14. The summed E-state index contributed by atoms with van der Waals surface area (Å²) in [6.45, 7) is 3.98. The van der Waals surface area contributed by atoms with Crippen LogP contribution in [0.3, 0.4) is 0 Å². The summed E-state index contributed by atoms with van der Waals surface area (Å²) in [6, 6.07) is 17.2. The van der Waals surface area contributed by atoms with Crippen molar-refractivity contribution in [1.82, 2.24) is 10.2 Å². The van der Waals surface area contributed by atoms with Gasteiger partial charge in [-0.15, -0.1) is 10.2 Å². The second-order valence-electron chi connectivity index (χ2n) is 5.59. The number of rotatable bonds is 4. The molecule has 0 aliphatic heterocycles. The maximum Gasteiger partial charge on any atom is 0.248 e. The quantitative estimate of drug-likeness (QED) is 0.787. The predicted octanol–water partition coefficient (Wildman–Crippen LogP) is 4.09. The summed E-state index contributed by atoms with van der Waals surface area (Å²) in [7, 11) is 0. The average molecular weight is 294 g/mol. The topological polar surface area (TPSA) is 59.2 Å². The molecule has 112 valence electrons. The number of aliphatic hydroxyl groups excluding tert-OH is 1. The Hall–Kier alpha value is -2.46. The summed E-state index contributed by atoms with van der Waals surface area (Å²) < 4.78 is 5.72. The normalized spacial score (nSPS) is 12.5. The van der Waals surface area contributed by atoms with E-state index in [-0.39, 0.29) is 5.92 Å². The molecule has 0 fully saturated rings. The van der Waals surface area contributed by atoms with Gasteiger partial charge in [0.2, 0.25) is 11.8 Å². The van der Waals surface area contributed by atoms with Crippen LogP contribution in [0.1, 0.15) is 25.5 Å². The zero-order valence-electron chi connectivity index (χ0n) is 12.6. The van der Waals surface area contributed by atoms with E-state index < -0.39 is 6.10 Å². The first-order valence-corrected chi connectivity index (χ1v) is 7.32. The van der Waals surface area contributed by atoms with Crippen molar-refractivity contribution in [3.8, 4) is 22.9 Å². The van der Waals surface area contributed by atoms with Crippen molar-refractivity contribution in [1.29, 1.82) is 0 Å². The van der Waals surface area contributed by atoms with Gasteiger partial charge in [0, 0.05) is 11.1 Å². The molecule has 2 aromatic carbocycles. The summed E-state index contributed by atoms with van der Waals surface area (Å²) in [5.41, 5.74) is 2.63. The molecule has 1 N–H and O–H groups in total. The largest absolute Gasteiger partial charge is 0.416 e. The van der Waals surface area contributed by atoms with Crippen molar-refractivity contribution < 1.29 is 9.52 Å². The van der Waals surface area contributed by atoms with Crippen LogP contribution in [0.25, 0.3) is 22.9 Å². The summed E-state index contributed by atoms with van der Waals surface area (Å²) in [5, 5.41) is 18.2. The molecule has 0 bridgehead atoms. The van der Waals surface area contributed by atoms with Gasteiger partial charge >= 0.3 is 0 Å². The van der Waals surface area contributed by atoms with E-state index in [9.17, 15) is 5.11 Å². The summed E-state index contributed by atoms with van der Waals surface area (Å²) in [6.07, 6.45) is -0.461. The Morgan fingerprint density at radius 1 is 0.818 bits per heavy atom. The summed E-state index contributed by atoms with van der Waals surface area (Å²) in [5.74, 6) is 1.16. The Morgan fingerprint density at radius 3 is 1.91 bits per heavy atom. The van der Waals surface area contributed by atoms with Crippen LogP contribution in [0.15, 0.2) is 59.0 Å². The van der Waals surface area contributed by atoms with E-state index >= 15 is 0 Å². The molecule has 0 amide bonds. The summed E-state index contributed by atoms with van der Waals surface area (Å²) >= 11 is 0. The third kappa shape index (κ3) is 2.92. The zero-order chi connectivity index (χ0) is 15.5. The van der Waals surface area contributed by atoms with Gasteiger partial charge in [0.1, 0.15) is 0 Å². The molecular formula is C18H18N2O2. The first-order chi connectivity index (χ1) is 10.6. The minimum absolute atomic E-state index is 0.180. The number of aromatic nitrogens is 2. The van der Waals surface area contributed by atoms with Gasteiger partial charge in [-0.2, -0.15) is 0 Å². The fourth-order valence-corrected chi connectivity index (χ4v) is 2.25. The SMILES string of the molecule is CC(C)C(O)c1ccc(-c2nnc(-c3ccccc3)o2)cc1. The number of aliphatic hydroxyl groups is 1. The number of hydrogen-bond donors (Lipinski definition) is 1. The van der Waals surface area contributed by atoms with Crippen molar-refractivity contribution in [2.75, 3.05) is 0 Å². The van der Waals surface area contributed by atoms with E-state index in [1.165, 1.54) is 0 Å². The minimum atomic E-state index is -0.461. The highest BCUT2D eigenvalue weighted by molar-refractivity contribution is 5.58. The van der Waals surface area contributed by atoms with Gasteiger partial charge in [-0.3, -0.25) is 0 Å². The zero-order valence-corrected chi connectivity index (χ0v) is 12.6. The number of benzene rings is 2. The Morgan fingerprint density at radius 2 is 1.36 bits per heavy atom.